The quantitative estimate of drug-likeness (QED) is 0.120. The summed E-state index contributed by atoms with van der Waals surface area (Å²) in [5.41, 5.74) is 1.66. The molecule has 3 aliphatic rings. The maximum Gasteiger partial charge on any atom is 0.145 e. The van der Waals surface area contributed by atoms with Gasteiger partial charge in [-0.05, 0) is 82.3 Å². The van der Waals surface area contributed by atoms with Gasteiger partial charge in [0.2, 0.25) is 0 Å². The van der Waals surface area contributed by atoms with Crippen molar-refractivity contribution < 1.29 is 30.3 Å². The lowest BCUT2D eigenvalue weighted by molar-refractivity contribution is -0.207. The molecule has 0 saturated heterocycles. The fourth-order valence-electron chi connectivity index (χ4n) is 7.39. The zero-order chi connectivity index (χ0) is 28.1. The predicted molar refractivity (Wildman–Crippen MR) is 150 cm³/mol. The molecule has 6 nitrogen and oxygen atoms in total. The molecule has 1 spiro atoms. The van der Waals surface area contributed by atoms with Crippen LogP contribution in [-0.2, 0) is 4.79 Å². The number of carbonyl (C=O) groups is 1. The highest BCUT2D eigenvalue weighted by molar-refractivity contribution is 5.74. The van der Waals surface area contributed by atoms with E-state index in [4.69, 9.17) is 0 Å². The van der Waals surface area contributed by atoms with Crippen LogP contribution in [0.2, 0.25) is 0 Å². The molecular formula is C32H46O6. The molecule has 5 N–H and O–H groups in total. The van der Waals surface area contributed by atoms with Crippen LogP contribution in [0.15, 0.2) is 70.9 Å². The molecule has 0 aromatic rings. The Balaban J connectivity index is 1.99. The molecular weight excluding hydrogens is 480 g/mol. The van der Waals surface area contributed by atoms with Crippen molar-refractivity contribution in [3.63, 3.8) is 0 Å². The van der Waals surface area contributed by atoms with Crippen molar-refractivity contribution in [1.29, 1.82) is 0 Å². The molecule has 0 heterocycles. The number of hydrogen-bond acceptors (Lipinski definition) is 6. The van der Waals surface area contributed by atoms with Crippen LogP contribution in [0.3, 0.4) is 0 Å². The first-order chi connectivity index (χ1) is 18.1. The van der Waals surface area contributed by atoms with E-state index in [1.165, 1.54) is 5.57 Å². The van der Waals surface area contributed by atoms with Crippen LogP contribution in [0.5, 0.6) is 0 Å². The smallest absolute Gasteiger partial charge is 0.145 e. The van der Waals surface area contributed by atoms with E-state index in [-0.39, 0.29) is 31.5 Å². The minimum atomic E-state index is -1.57. The number of aliphatic hydroxyl groups is 5. The summed E-state index contributed by atoms with van der Waals surface area (Å²) in [4.78, 5) is 11.9. The number of rotatable bonds is 11. The number of allylic oxidation sites excluding steroid dienone is 10. The van der Waals surface area contributed by atoms with E-state index in [2.05, 4.69) is 26.5 Å². The Hall–Kier alpha value is -2.09. The van der Waals surface area contributed by atoms with Crippen molar-refractivity contribution in [2.75, 3.05) is 19.8 Å². The summed E-state index contributed by atoms with van der Waals surface area (Å²) >= 11 is 0. The summed E-state index contributed by atoms with van der Waals surface area (Å²) in [5.74, 6) is -1.25. The average Bonchev–Trinajstić information content (AvgIpc) is 3.23. The maximum atomic E-state index is 12.0. The van der Waals surface area contributed by atoms with Gasteiger partial charge in [-0.1, -0.05) is 59.8 Å². The summed E-state index contributed by atoms with van der Waals surface area (Å²) in [6.45, 7) is 9.17. The number of aliphatic hydroxyl groups excluding tert-OH is 4. The van der Waals surface area contributed by atoms with E-state index >= 15 is 0 Å². The van der Waals surface area contributed by atoms with Crippen molar-refractivity contribution in [3.8, 4) is 0 Å². The molecule has 2 saturated carbocycles. The lowest BCUT2D eigenvalue weighted by atomic mass is 9.46. The SMILES string of the molecule is C=C(/C=C/C=C(/CO)[C@@H]1CC[C@]2([C@@H]1O)[C@@H]1C(=C(C)C=O)[C@@H](C=C[C@H]1CCO)C[C@]2(O)CO)CCC=C(C)C. The van der Waals surface area contributed by atoms with Crippen LogP contribution in [0.25, 0.3) is 0 Å². The minimum Gasteiger partial charge on any atom is -0.396 e. The van der Waals surface area contributed by atoms with Gasteiger partial charge in [0.25, 0.3) is 0 Å². The summed E-state index contributed by atoms with van der Waals surface area (Å²) in [5, 5.41) is 54.6. The van der Waals surface area contributed by atoms with Crippen molar-refractivity contribution in [3.05, 3.63) is 70.9 Å². The lowest BCUT2D eigenvalue weighted by Gasteiger charge is -2.60. The number of fused-ring (bicyclic) bond motifs is 3. The molecule has 2 fully saturated rings. The highest BCUT2D eigenvalue weighted by Gasteiger charge is 2.68. The Morgan fingerprint density at radius 3 is 2.53 bits per heavy atom. The van der Waals surface area contributed by atoms with Crippen LogP contribution in [0.1, 0.15) is 59.3 Å². The highest BCUT2D eigenvalue weighted by Crippen LogP contribution is 2.66. The topological polar surface area (TPSA) is 118 Å². The molecule has 0 aromatic heterocycles. The van der Waals surface area contributed by atoms with Crippen LogP contribution in [-0.4, -0.2) is 63.3 Å². The molecule has 210 valence electrons. The van der Waals surface area contributed by atoms with Crippen LogP contribution >= 0.6 is 0 Å². The Bertz CT molecular complexity index is 1030. The Morgan fingerprint density at radius 1 is 1.18 bits per heavy atom. The molecule has 6 heteroatoms. The minimum absolute atomic E-state index is 0.0686. The number of carbonyl (C=O) groups excluding carboxylic acids is 1. The van der Waals surface area contributed by atoms with Crippen LogP contribution in [0, 0.1) is 29.1 Å². The predicted octanol–water partition coefficient (Wildman–Crippen LogP) is 3.96. The van der Waals surface area contributed by atoms with Gasteiger partial charge >= 0.3 is 0 Å². The van der Waals surface area contributed by atoms with Gasteiger partial charge in [-0.25, -0.2) is 0 Å². The van der Waals surface area contributed by atoms with E-state index in [1.54, 1.807) is 6.92 Å². The fraction of sp³-hybridized carbons (Fsp3) is 0.594. The van der Waals surface area contributed by atoms with Gasteiger partial charge < -0.3 is 25.5 Å². The molecule has 7 atom stereocenters. The summed E-state index contributed by atoms with van der Waals surface area (Å²) in [7, 11) is 0. The van der Waals surface area contributed by atoms with Gasteiger partial charge in [-0.2, -0.15) is 0 Å². The second kappa shape index (κ2) is 12.8. The lowest BCUT2D eigenvalue weighted by Crippen LogP contribution is -2.66. The summed E-state index contributed by atoms with van der Waals surface area (Å²) < 4.78 is 0. The Kier molecular flexibility index (Phi) is 10.3. The number of aldehydes is 1. The fourth-order valence-corrected chi connectivity index (χ4v) is 7.39. The summed E-state index contributed by atoms with van der Waals surface area (Å²) in [6.07, 6.45) is 14.9. The van der Waals surface area contributed by atoms with E-state index in [9.17, 15) is 30.3 Å². The van der Waals surface area contributed by atoms with Crippen molar-refractivity contribution in [1.82, 2.24) is 0 Å². The van der Waals surface area contributed by atoms with Gasteiger partial charge in [0.15, 0.2) is 0 Å². The van der Waals surface area contributed by atoms with Gasteiger partial charge in [0.1, 0.15) is 6.29 Å². The van der Waals surface area contributed by atoms with Crippen molar-refractivity contribution >= 4 is 6.29 Å². The maximum absolute atomic E-state index is 12.0. The van der Waals surface area contributed by atoms with Crippen molar-refractivity contribution in [2.45, 2.75) is 71.0 Å². The van der Waals surface area contributed by atoms with E-state index in [0.29, 0.717) is 30.4 Å². The first-order valence-electron chi connectivity index (χ1n) is 13.9. The van der Waals surface area contributed by atoms with E-state index in [1.807, 2.05) is 30.4 Å². The van der Waals surface area contributed by atoms with Gasteiger partial charge in [0.05, 0.1) is 24.9 Å². The molecule has 3 rings (SSSR count). The zero-order valence-corrected chi connectivity index (χ0v) is 23.1. The van der Waals surface area contributed by atoms with Gasteiger partial charge in [-0.3, -0.25) is 4.79 Å². The van der Waals surface area contributed by atoms with Crippen LogP contribution in [0.4, 0.5) is 0 Å². The molecule has 0 unspecified atom stereocenters. The Morgan fingerprint density at radius 2 is 1.92 bits per heavy atom. The van der Waals surface area contributed by atoms with Crippen LogP contribution < -0.4 is 0 Å². The highest BCUT2D eigenvalue weighted by atomic mass is 16.3. The Labute approximate surface area is 227 Å². The van der Waals surface area contributed by atoms with E-state index < -0.39 is 35.6 Å². The monoisotopic (exact) mass is 526 g/mol. The van der Waals surface area contributed by atoms with Gasteiger partial charge in [0, 0.05) is 23.9 Å². The van der Waals surface area contributed by atoms with Crippen molar-refractivity contribution in [2.24, 2.45) is 29.1 Å². The standard InChI is InChI=1S/C32H46O6/c1-21(2)7-5-8-22(3)9-6-10-26(19-35)27-13-15-32(30(27)37)29-24(14-16-33)11-12-25(17-31(32,38)20-36)28(29)23(4)18-34/h6-7,9-12,18,24-25,27,29-30,33,35-38H,3,5,8,13-17,19-20H2,1-2,4H3/b9-6+,26-10-,28-23?/t24-,25-,27-,29-,30+,31-,32+/m0/s1. The number of hydrogen-bond donors (Lipinski definition) is 5. The largest absolute Gasteiger partial charge is 0.396 e. The first-order valence-corrected chi connectivity index (χ1v) is 13.9. The third kappa shape index (κ3) is 5.61. The third-order valence-corrected chi connectivity index (χ3v) is 9.19. The molecule has 38 heavy (non-hydrogen) atoms. The normalized spacial score (nSPS) is 36.1. The second-order valence-corrected chi connectivity index (χ2v) is 11.7. The molecule has 0 aliphatic heterocycles. The zero-order valence-electron chi connectivity index (χ0n) is 23.1. The molecule has 3 aliphatic carbocycles. The third-order valence-electron chi connectivity index (χ3n) is 9.19. The van der Waals surface area contributed by atoms with E-state index in [0.717, 1.165) is 30.3 Å². The first kappa shape index (κ1) is 30.5. The molecule has 0 radical (unpaired) electrons. The summed E-state index contributed by atoms with van der Waals surface area (Å²) in [6, 6.07) is 0. The molecule has 2 bridgehead atoms. The molecule has 0 amide bonds. The second-order valence-electron chi connectivity index (χ2n) is 11.7. The average molecular weight is 527 g/mol. The molecule has 0 aromatic carbocycles. The van der Waals surface area contributed by atoms with Gasteiger partial charge in [-0.15, -0.1) is 0 Å².